The van der Waals surface area contributed by atoms with Gasteiger partial charge >= 0.3 is 0 Å². The maximum absolute atomic E-state index is 12.6. The van der Waals surface area contributed by atoms with Crippen molar-refractivity contribution >= 4 is 27.5 Å². The SMILES string of the molecule is COc1ccc(NS(=O)(=O)c2cccc(C(=O)NNC(=O)[C@@H]3C[C@H]3C)c2)cc1. The number of carbonyl (C=O) groups excluding carboxylic acids is 2. The van der Waals surface area contributed by atoms with Gasteiger partial charge in [0.1, 0.15) is 5.75 Å². The Morgan fingerprint density at radius 3 is 2.36 bits per heavy atom. The van der Waals surface area contributed by atoms with Crippen molar-refractivity contribution in [3.05, 3.63) is 54.1 Å². The quantitative estimate of drug-likeness (QED) is 0.638. The fourth-order valence-corrected chi connectivity index (χ4v) is 3.75. The number of amides is 2. The van der Waals surface area contributed by atoms with Crippen molar-refractivity contribution in [1.82, 2.24) is 10.9 Å². The Hall–Kier alpha value is -3.07. The van der Waals surface area contributed by atoms with E-state index < -0.39 is 15.9 Å². The molecule has 0 aliphatic heterocycles. The fourth-order valence-electron chi connectivity index (χ4n) is 2.65. The smallest absolute Gasteiger partial charge is 0.269 e. The number of anilines is 1. The van der Waals surface area contributed by atoms with Crippen LogP contribution in [0.4, 0.5) is 5.69 Å². The molecule has 2 amide bonds. The fraction of sp³-hybridized carbons (Fsp3) is 0.263. The van der Waals surface area contributed by atoms with Crippen molar-refractivity contribution in [2.75, 3.05) is 11.8 Å². The summed E-state index contributed by atoms with van der Waals surface area (Å²) in [7, 11) is -2.37. The zero-order valence-corrected chi connectivity index (χ0v) is 16.2. The van der Waals surface area contributed by atoms with Gasteiger partial charge in [-0.1, -0.05) is 13.0 Å². The van der Waals surface area contributed by atoms with Crippen molar-refractivity contribution < 1.29 is 22.7 Å². The predicted molar refractivity (Wildman–Crippen MR) is 103 cm³/mol. The van der Waals surface area contributed by atoms with E-state index in [-0.39, 0.29) is 22.3 Å². The molecule has 2 atom stereocenters. The van der Waals surface area contributed by atoms with Gasteiger partial charge < -0.3 is 4.74 Å². The summed E-state index contributed by atoms with van der Waals surface area (Å²) in [5.74, 6) is -0.00619. The maximum atomic E-state index is 12.6. The van der Waals surface area contributed by atoms with Gasteiger partial charge in [0, 0.05) is 17.2 Å². The van der Waals surface area contributed by atoms with Gasteiger partial charge in [-0.05, 0) is 54.8 Å². The molecule has 0 radical (unpaired) electrons. The minimum atomic E-state index is -3.89. The maximum Gasteiger partial charge on any atom is 0.269 e. The van der Waals surface area contributed by atoms with Crippen LogP contribution in [0.15, 0.2) is 53.4 Å². The van der Waals surface area contributed by atoms with E-state index in [0.717, 1.165) is 6.42 Å². The summed E-state index contributed by atoms with van der Waals surface area (Å²) < 4.78 is 32.7. The Morgan fingerprint density at radius 2 is 1.75 bits per heavy atom. The van der Waals surface area contributed by atoms with Crippen LogP contribution in [0.1, 0.15) is 23.7 Å². The van der Waals surface area contributed by atoms with Crippen molar-refractivity contribution in [1.29, 1.82) is 0 Å². The largest absolute Gasteiger partial charge is 0.497 e. The zero-order valence-electron chi connectivity index (χ0n) is 15.4. The number of methoxy groups -OCH3 is 1. The molecule has 3 N–H and O–H groups in total. The topological polar surface area (TPSA) is 114 Å². The Bertz CT molecular complexity index is 989. The summed E-state index contributed by atoms with van der Waals surface area (Å²) in [4.78, 5) is 23.9. The molecule has 0 saturated heterocycles. The number of nitrogens with one attached hydrogen (secondary N) is 3. The highest BCUT2D eigenvalue weighted by molar-refractivity contribution is 7.92. The standard InChI is InChI=1S/C19H21N3O5S/c1-12-10-17(12)19(24)21-20-18(23)13-4-3-5-16(11-13)28(25,26)22-14-6-8-15(27-2)9-7-14/h3-9,11-12,17,22H,10H2,1-2H3,(H,20,23)(H,21,24)/t12-,17-/m1/s1. The van der Waals surface area contributed by atoms with E-state index >= 15 is 0 Å². The minimum absolute atomic E-state index is 0.0712. The Morgan fingerprint density at radius 1 is 1.07 bits per heavy atom. The van der Waals surface area contributed by atoms with Crippen molar-refractivity contribution in [3.63, 3.8) is 0 Å². The molecule has 2 aromatic carbocycles. The summed E-state index contributed by atoms with van der Waals surface area (Å²) in [5, 5.41) is 0. The molecule has 2 aromatic rings. The van der Waals surface area contributed by atoms with E-state index in [1.165, 1.54) is 31.4 Å². The number of hydrogen-bond acceptors (Lipinski definition) is 5. The lowest BCUT2D eigenvalue weighted by Gasteiger charge is -2.11. The molecule has 1 aliphatic rings. The normalized spacial score (nSPS) is 18.1. The first-order valence-corrected chi connectivity index (χ1v) is 10.2. The third-order valence-electron chi connectivity index (χ3n) is 4.49. The second kappa shape index (κ2) is 7.89. The Kier molecular flexibility index (Phi) is 5.55. The highest BCUT2D eigenvalue weighted by Crippen LogP contribution is 2.37. The van der Waals surface area contributed by atoms with Gasteiger partial charge in [-0.25, -0.2) is 8.42 Å². The van der Waals surface area contributed by atoms with Crippen LogP contribution in [0.3, 0.4) is 0 Å². The average molecular weight is 403 g/mol. The number of hydrazine groups is 1. The van der Waals surface area contributed by atoms with Gasteiger partial charge in [-0.3, -0.25) is 25.2 Å². The van der Waals surface area contributed by atoms with Crippen LogP contribution in [-0.4, -0.2) is 27.3 Å². The molecule has 148 valence electrons. The highest BCUT2D eigenvalue weighted by atomic mass is 32.2. The van der Waals surface area contributed by atoms with Gasteiger partial charge in [0.05, 0.1) is 12.0 Å². The summed E-state index contributed by atoms with van der Waals surface area (Å²) in [6.45, 7) is 1.95. The molecule has 0 spiro atoms. The number of hydrogen-bond donors (Lipinski definition) is 3. The monoisotopic (exact) mass is 403 g/mol. The van der Waals surface area contributed by atoms with Crippen LogP contribution in [0.2, 0.25) is 0 Å². The summed E-state index contributed by atoms with van der Waals surface area (Å²) >= 11 is 0. The Balaban J connectivity index is 1.68. The molecular weight excluding hydrogens is 382 g/mol. The number of rotatable bonds is 6. The summed E-state index contributed by atoms with van der Waals surface area (Å²) in [6.07, 6.45) is 0.798. The van der Waals surface area contributed by atoms with E-state index in [9.17, 15) is 18.0 Å². The van der Waals surface area contributed by atoms with Crippen LogP contribution < -0.4 is 20.3 Å². The molecule has 8 nitrogen and oxygen atoms in total. The molecule has 1 aliphatic carbocycles. The lowest BCUT2D eigenvalue weighted by atomic mass is 10.2. The lowest BCUT2D eigenvalue weighted by molar-refractivity contribution is -0.123. The number of carbonyl (C=O) groups is 2. The molecule has 1 saturated carbocycles. The molecule has 0 unspecified atom stereocenters. The molecule has 3 rings (SSSR count). The molecule has 0 aromatic heterocycles. The average Bonchev–Trinajstić information content (AvgIpc) is 3.43. The van der Waals surface area contributed by atoms with E-state index in [2.05, 4.69) is 15.6 Å². The number of benzene rings is 2. The first-order chi connectivity index (χ1) is 13.3. The molecule has 9 heteroatoms. The van der Waals surface area contributed by atoms with Crippen LogP contribution in [0.25, 0.3) is 0 Å². The molecule has 28 heavy (non-hydrogen) atoms. The number of ether oxygens (including phenoxy) is 1. The summed E-state index contributed by atoms with van der Waals surface area (Å²) in [5.41, 5.74) is 5.16. The van der Waals surface area contributed by atoms with Gasteiger partial charge in [0.2, 0.25) is 5.91 Å². The lowest BCUT2D eigenvalue weighted by Crippen LogP contribution is -2.42. The van der Waals surface area contributed by atoms with Gasteiger partial charge in [-0.15, -0.1) is 0 Å². The highest BCUT2D eigenvalue weighted by Gasteiger charge is 2.39. The molecule has 0 heterocycles. The minimum Gasteiger partial charge on any atom is -0.497 e. The second-order valence-corrected chi connectivity index (χ2v) is 8.31. The van der Waals surface area contributed by atoms with E-state index in [1.54, 1.807) is 24.3 Å². The van der Waals surface area contributed by atoms with Crippen molar-refractivity contribution in [2.45, 2.75) is 18.2 Å². The molecule has 1 fully saturated rings. The van der Waals surface area contributed by atoms with E-state index in [0.29, 0.717) is 17.4 Å². The first kappa shape index (κ1) is 19.7. The van der Waals surface area contributed by atoms with Crippen LogP contribution in [0.5, 0.6) is 5.75 Å². The Labute approximate surface area is 163 Å². The predicted octanol–water partition coefficient (Wildman–Crippen LogP) is 1.91. The zero-order chi connectivity index (χ0) is 20.3. The molecule has 0 bridgehead atoms. The van der Waals surface area contributed by atoms with Crippen molar-refractivity contribution in [2.24, 2.45) is 11.8 Å². The van der Waals surface area contributed by atoms with Crippen LogP contribution >= 0.6 is 0 Å². The van der Waals surface area contributed by atoms with Gasteiger partial charge in [0.25, 0.3) is 15.9 Å². The van der Waals surface area contributed by atoms with E-state index in [1.807, 2.05) is 6.92 Å². The van der Waals surface area contributed by atoms with Crippen LogP contribution in [0, 0.1) is 11.8 Å². The van der Waals surface area contributed by atoms with Crippen LogP contribution in [-0.2, 0) is 14.8 Å². The van der Waals surface area contributed by atoms with Gasteiger partial charge in [-0.2, -0.15) is 0 Å². The second-order valence-electron chi connectivity index (χ2n) is 6.62. The first-order valence-electron chi connectivity index (χ1n) is 8.67. The third-order valence-corrected chi connectivity index (χ3v) is 5.87. The van der Waals surface area contributed by atoms with Crippen molar-refractivity contribution in [3.8, 4) is 5.75 Å². The molecular formula is C19H21N3O5S. The van der Waals surface area contributed by atoms with Gasteiger partial charge in [0.15, 0.2) is 0 Å². The van der Waals surface area contributed by atoms with E-state index in [4.69, 9.17) is 4.74 Å². The number of sulfonamides is 1. The summed E-state index contributed by atoms with van der Waals surface area (Å²) in [6, 6.07) is 12.0. The third kappa shape index (κ3) is 4.61.